The van der Waals surface area contributed by atoms with Crippen LogP contribution in [0.4, 0.5) is 0 Å². The van der Waals surface area contributed by atoms with E-state index in [1.807, 2.05) is 0 Å². The number of pyridine rings is 2. The van der Waals surface area contributed by atoms with Gasteiger partial charge >= 0.3 is 0 Å². The monoisotopic (exact) mass is 517 g/mol. The Morgan fingerprint density at radius 1 is 0.575 bits per heavy atom. The fourth-order valence-corrected chi connectivity index (χ4v) is 5.98. The molecule has 0 radical (unpaired) electrons. The minimum absolute atomic E-state index is 0.778. The molecule has 40 heavy (non-hydrogen) atoms. The fraction of sp³-hybridized carbons (Fsp3) is 0.0811. The number of aromatic nitrogens is 3. The molecule has 0 bridgehead atoms. The van der Waals surface area contributed by atoms with Gasteiger partial charge in [-0.2, -0.15) is 4.57 Å². The summed E-state index contributed by atoms with van der Waals surface area (Å²) in [4.78, 5) is 0. The number of rotatable bonds is 5. The highest BCUT2D eigenvalue weighted by Crippen LogP contribution is 2.33. The predicted octanol–water partition coefficient (Wildman–Crippen LogP) is 7.59. The zero-order valence-electron chi connectivity index (χ0n) is 22.8. The van der Waals surface area contributed by atoms with Crippen molar-refractivity contribution in [3.63, 3.8) is 0 Å². The maximum absolute atomic E-state index is 2.39. The Labute approximate surface area is 234 Å². The molecule has 0 amide bonds. The van der Waals surface area contributed by atoms with Crippen LogP contribution in [0.15, 0.2) is 140 Å². The van der Waals surface area contributed by atoms with Crippen molar-refractivity contribution in [2.24, 2.45) is 7.05 Å². The minimum Gasteiger partial charge on any atom is -0.309 e. The van der Waals surface area contributed by atoms with Gasteiger partial charge in [-0.3, -0.25) is 0 Å². The van der Waals surface area contributed by atoms with Gasteiger partial charge in [-0.25, -0.2) is 4.57 Å². The van der Waals surface area contributed by atoms with Gasteiger partial charge < -0.3 is 4.57 Å². The van der Waals surface area contributed by atoms with Crippen LogP contribution in [-0.4, -0.2) is 4.57 Å². The molecule has 7 aromatic rings. The highest BCUT2D eigenvalue weighted by Gasteiger charge is 2.21. The van der Waals surface area contributed by atoms with E-state index in [1.54, 1.807) is 0 Å². The van der Waals surface area contributed by atoms with E-state index in [4.69, 9.17) is 0 Å². The van der Waals surface area contributed by atoms with Gasteiger partial charge in [0, 0.05) is 46.3 Å². The predicted molar refractivity (Wildman–Crippen MR) is 163 cm³/mol. The van der Waals surface area contributed by atoms with Crippen molar-refractivity contribution in [2.45, 2.75) is 13.5 Å². The molecule has 0 N–H and O–H groups in total. The van der Waals surface area contributed by atoms with E-state index in [9.17, 15) is 0 Å². The normalized spacial score (nSPS) is 11.3. The zero-order chi connectivity index (χ0) is 27.1. The van der Waals surface area contributed by atoms with E-state index in [1.165, 1.54) is 61.1 Å². The van der Waals surface area contributed by atoms with Gasteiger partial charge in [-0.1, -0.05) is 60.7 Å². The average molecular weight is 518 g/mol. The van der Waals surface area contributed by atoms with Gasteiger partial charge in [0.25, 0.3) is 0 Å². The summed E-state index contributed by atoms with van der Waals surface area (Å²) in [6.45, 7) is 2.99. The number of para-hydroxylation sites is 2. The fourth-order valence-electron chi connectivity index (χ4n) is 5.98. The first-order valence-electron chi connectivity index (χ1n) is 13.8. The van der Waals surface area contributed by atoms with E-state index in [0.717, 1.165) is 6.54 Å². The van der Waals surface area contributed by atoms with Gasteiger partial charge in [0.15, 0.2) is 18.9 Å². The molecule has 3 nitrogen and oxygen atoms in total. The van der Waals surface area contributed by atoms with Crippen LogP contribution in [0.3, 0.4) is 0 Å². The summed E-state index contributed by atoms with van der Waals surface area (Å²) in [6, 6.07) is 45.8. The maximum atomic E-state index is 2.39. The van der Waals surface area contributed by atoms with Gasteiger partial charge in [-0.15, -0.1) is 0 Å². The van der Waals surface area contributed by atoms with Crippen molar-refractivity contribution < 1.29 is 9.13 Å². The first-order chi connectivity index (χ1) is 19.7. The number of fused-ring (bicyclic) bond motifs is 3. The number of nitrogens with zero attached hydrogens (tertiary/aromatic N) is 3. The maximum Gasteiger partial charge on any atom is 0.213 e. The summed E-state index contributed by atoms with van der Waals surface area (Å²) in [7, 11) is 2.11. The second-order valence-electron chi connectivity index (χ2n) is 10.4. The highest BCUT2D eigenvalue weighted by molar-refractivity contribution is 6.09. The first-order valence-corrected chi connectivity index (χ1v) is 13.8. The summed E-state index contributed by atoms with van der Waals surface area (Å²) < 4.78 is 6.96. The van der Waals surface area contributed by atoms with Crippen LogP contribution >= 0.6 is 0 Å². The van der Waals surface area contributed by atoms with Crippen LogP contribution in [0.1, 0.15) is 11.1 Å². The second kappa shape index (κ2) is 9.94. The standard InChI is InChI=1S/C37H31N3/c1-27-21-22-29(40-36-19-7-5-15-31(36)32-16-6-8-20-37(32)40)25-33(27)35-18-10-12-24-39(35)26-28-13-3-4-14-30(28)34-17-9-11-23-38(34)2/h3-25H,26H2,1-2H3/q+2. The van der Waals surface area contributed by atoms with Crippen LogP contribution in [-0.2, 0) is 13.6 Å². The molecule has 0 aliphatic rings. The van der Waals surface area contributed by atoms with Gasteiger partial charge in [0.05, 0.1) is 22.2 Å². The van der Waals surface area contributed by atoms with Crippen molar-refractivity contribution in [1.29, 1.82) is 0 Å². The molecule has 0 aliphatic carbocycles. The molecule has 0 saturated heterocycles. The van der Waals surface area contributed by atoms with Crippen molar-refractivity contribution in [3.05, 3.63) is 151 Å². The third kappa shape index (κ3) is 4.07. The number of hydrogen-bond donors (Lipinski definition) is 0. The third-order valence-corrected chi connectivity index (χ3v) is 7.96. The molecular weight excluding hydrogens is 486 g/mol. The van der Waals surface area contributed by atoms with E-state index >= 15 is 0 Å². The third-order valence-electron chi connectivity index (χ3n) is 7.96. The van der Waals surface area contributed by atoms with Crippen LogP contribution in [0.5, 0.6) is 0 Å². The lowest BCUT2D eigenvalue weighted by Gasteiger charge is -2.13. The molecule has 0 atom stereocenters. The van der Waals surface area contributed by atoms with Gasteiger partial charge in [0.1, 0.15) is 7.05 Å². The summed E-state index contributed by atoms with van der Waals surface area (Å²) in [6.07, 6.45) is 4.31. The van der Waals surface area contributed by atoms with Gasteiger partial charge in [-0.05, 0) is 55.0 Å². The van der Waals surface area contributed by atoms with Crippen molar-refractivity contribution >= 4 is 21.8 Å². The topological polar surface area (TPSA) is 12.7 Å². The summed E-state index contributed by atoms with van der Waals surface area (Å²) in [5, 5.41) is 2.56. The molecule has 192 valence electrons. The summed E-state index contributed by atoms with van der Waals surface area (Å²) in [5.41, 5.74) is 11.1. The Bertz CT molecular complexity index is 1960. The molecule has 3 aromatic heterocycles. The van der Waals surface area contributed by atoms with Crippen molar-refractivity contribution in [3.8, 4) is 28.2 Å². The lowest BCUT2D eigenvalue weighted by molar-refractivity contribution is -0.677. The molecule has 0 fully saturated rings. The lowest BCUT2D eigenvalue weighted by atomic mass is 10.0. The van der Waals surface area contributed by atoms with E-state index < -0.39 is 0 Å². The Balaban J connectivity index is 1.37. The van der Waals surface area contributed by atoms with Crippen LogP contribution in [0, 0.1) is 6.92 Å². The number of benzene rings is 4. The SMILES string of the molecule is Cc1ccc(-n2c3ccccc3c3ccccc32)cc1-c1cccc[n+]1Cc1ccccc1-c1cccc[n+]1C. The van der Waals surface area contributed by atoms with E-state index in [-0.39, 0.29) is 0 Å². The number of hydrogen-bond acceptors (Lipinski definition) is 0. The van der Waals surface area contributed by atoms with E-state index in [0.29, 0.717) is 0 Å². The molecule has 3 heteroatoms. The molecule has 0 unspecified atom stereocenters. The Morgan fingerprint density at radius 3 is 1.95 bits per heavy atom. The molecule has 4 aromatic carbocycles. The van der Waals surface area contributed by atoms with Crippen LogP contribution < -0.4 is 9.13 Å². The summed E-state index contributed by atoms with van der Waals surface area (Å²) >= 11 is 0. The van der Waals surface area contributed by atoms with Crippen molar-refractivity contribution in [2.75, 3.05) is 0 Å². The molecule has 3 heterocycles. The Morgan fingerprint density at radius 2 is 1.20 bits per heavy atom. The van der Waals surface area contributed by atoms with Gasteiger partial charge in [0.2, 0.25) is 11.4 Å². The average Bonchev–Trinajstić information content (AvgIpc) is 3.33. The molecule has 0 spiro atoms. The van der Waals surface area contributed by atoms with Crippen LogP contribution in [0.25, 0.3) is 50.0 Å². The number of aryl methyl sites for hydroxylation is 2. The quantitative estimate of drug-likeness (QED) is 0.209. The minimum atomic E-state index is 0.778. The molecule has 7 rings (SSSR count). The van der Waals surface area contributed by atoms with E-state index in [2.05, 4.69) is 167 Å². The molecular formula is C37H31N3+2. The Kier molecular flexibility index (Phi) is 5.98. The largest absolute Gasteiger partial charge is 0.309 e. The second-order valence-corrected chi connectivity index (χ2v) is 10.4. The molecule has 0 aliphatic heterocycles. The molecule has 0 saturated carbocycles. The first kappa shape index (κ1) is 24.1. The highest BCUT2D eigenvalue weighted by atomic mass is 15.0. The lowest BCUT2D eigenvalue weighted by Crippen LogP contribution is -2.37. The summed E-state index contributed by atoms with van der Waals surface area (Å²) in [5.74, 6) is 0. The zero-order valence-corrected chi connectivity index (χ0v) is 22.8. The Hall–Kier alpha value is -5.02. The smallest absolute Gasteiger partial charge is 0.213 e. The van der Waals surface area contributed by atoms with Crippen molar-refractivity contribution in [1.82, 2.24) is 4.57 Å². The van der Waals surface area contributed by atoms with Crippen LogP contribution in [0.2, 0.25) is 0 Å².